The smallest absolute Gasteiger partial charge is 0.408 e. The summed E-state index contributed by atoms with van der Waals surface area (Å²) in [5.74, 6) is -1.02. The Bertz CT molecular complexity index is 467. The van der Waals surface area contributed by atoms with Gasteiger partial charge in [-0.05, 0) is 39.2 Å². The molecule has 2 N–H and O–H groups in total. The lowest BCUT2D eigenvalue weighted by molar-refractivity contribution is -0.137. The van der Waals surface area contributed by atoms with E-state index < -0.39 is 23.7 Å². The molecular formula is C11H17N3O4S. The number of carbonyl (C=O) groups excluding carboxylic acids is 1. The van der Waals surface area contributed by atoms with Crippen molar-refractivity contribution >= 4 is 23.6 Å². The van der Waals surface area contributed by atoms with Gasteiger partial charge in [-0.15, -0.1) is 5.10 Å². The van der Waals surface area contributed by atoms with Gasteiger partial charge in [-0.1, -0.05) is 4.49 Å². The molecule has 0 aliphatic heterocycles. The zero-order chi connectivity index (χ0) is 14.6. The average molecular weight is 287 g/mol. The van der Waals surface area contributed by atoms with E-state index in [-0.39, 0.29) is 6.42 Å². The number of nitrogens with one attached hydrogen (secondary N) is 1. The van der Waals surface area contributed by atoms with Crippen LogP contribution in [0.3, 0.4) is 0 Å². The zero-order valence-corrected chi connectivity index (χ0v) is 12.1. The normalized spacial score (nSPS) is 12.8. The zero-order valence-electron chi connectivity index (χ0n) is 11.3. The van der Waals surface area contributed by atoms with Gasteiger partial charge in [0, 0.05) is 0 Å². The predicted molar refractivity (Wildman–Crippen MR) is 69.0 cm³/mol. The summed E-state index contributed by atoms with van der Waals surface area (Å²) in [4.78, 5) is 23.2. The van der Waals surface area contributed by atoms with Crippen molar-refractivity contribution in [2.75, 3.05) is 0 Å². The topological polar surface area (TPSA) is 101 Å². The number of alkyl carbamates (subject to hydrolysis) is 1. The molecule has 0 aromatic carbocycles. The molecule has 0 saturated heterocycles. The Morgan fingerprint density at radius 3 is 2.53 bits per heavy atom. The van der Waals surface area contributed by atoms with Gasteiger partial charge in [0.1, 0.15) is 5.60 Å². The number of aryl methyl sites for hydroxylation is 1. The molecule has 0 aliphatic rings. The number of aromatic nitrogens is 2. The lowest BCUT2D eigenvalue weighted by Gasteiger charge is -2.22. The number of aliphatic carboxylic acids is 1. The molecule has 0 fully saturated rings. The van der Waals surface area contributed by atoms with E-state index in [1.54, 1.807) is 27.7 Å². The summed E-state index contributed by atoms with van der Waals surface area (Å²) >= 11 is 1.06. The van der Waals surface area contributed by atoms with Crippen LogP contribution in [0.5, 0.6) is 0 Å². The molecule has 1 atom stereocenters. The van der Waals surface area contributed by atoms with Crippen LogP contribution < -0.4 is 5.32 Å². The van der Waals surface area contributed by atoms with Crippen LogP contribution in [0, 0.1) is 6.92 Å². The molecular weight excluding hydrogens is 270 g/mol. The molecule has 1 aromatic heterocycles. The van der Waals surface area contributed by atoms with E-state index >= 15 is 0 Å². The largest absolute Gasteiger partial charge is 0.481 e. The molecule has 0 aliphatic carbocycles. The molecule has 1 aromatic rings. The Labute approximate surface area is 115 Å². The molecule has 0 bridgehead atoms. The molecule has 1 rings (SSSR count). The second kappa shape index (κ2) is 5.96. The fraction of sp³-hybridized carbons (Fsp3) is 0.636. The standard InChI is InChI=1S/C11H17N3O4S/c1-6-9(19-14-13-6)7(5-8(15)16)12-10(17)18-11(2,3)4/h7H,5H2,1-4H3,(H,12,17)(H,15,16). The van der Waals surface area contributed by atoms with Crippen LogP contribution in [0.15, 0.2) is 0 Å². The monoisotopic (exact) mass is 287 g/mol. The number of carboxylic acids is 1. The average Bonchev–Trinajstić information content (AvgIpc) is 2.59. The molecule has 1 unspecified atom stereocenters. The summed E-state index contributed by atoms with van der Waals surface area (Å²) in [6.07, 6.45) is -0.907. The Morgan fingerprint density at radius 1 is 1.47 bits per heavy atom. The van der Waals surface area contributed by atoms with E-state index in [4.69, 9.17) is 9.84 Å². The number of carboxylic acid groups (broad SMARTS) is 1. The highest BCUT2D eigenvalue weighted by Crippen LogP contribution is 2.23. The number of carbonyl (C=O) groups is 2. The minimum atomic E-state index is -1.02. The van der Waals surface area contributed by atoms with Gasteiger partial charge in [0.15, 0.2) is 0 Å². The molecule has 1 heterocycles. The number of amides is 1. The van der Waals surface area contributed by atoms with Crippen molar-refractivity contribution in [2.24, 2.45) is 0 Å². The molecule has 0 saturated carbocycles. The molecule has 19 heavy (non-hydrogen) atoms. The Hall–Kier alpha value is -1.70. The van der Waals surface area contributed by atoms with E-state index in [9.17, 15) is 9.59 Å². The maximum Gasteiger partial charge on any atom is 0.408 e. The van der Waals surface area contributed by atoms with Crippen molar-refractivity contribution in [3.05, 3.63) is 10.6 Å². The van der Waals surface area contributed by atoms with Crippen LogP contribution in [0.4, 0.5) is 4.79 Å². The number of nitrogens with zero attached hydrogens (tertiary/aromatic N) is 2. The fourth-order valence-electron chi connectivity index (χ4n) is 1.39. The van der Waals surface area contributed by atoms with Crippen LogP contribution >= 0.6 is 11.5 Å². The Morgan fingerprint density at radius 2 is 2.11 bits per heavy atom. The van der Waals surface area contributed by atoms with Gasteiger partial charge in [0.25, 0.3) is 0 Å². The highest BCUT2D eigenvalue weighted by molar-refractivity contribution is 7.05. The first-order valence-corrected chi connectivity index (χ1v) is 6.46. The summed E-state index contributed by atoms with van der Waals surface area (Å²) in [5, 5.41) is 15.2. The lowest BCUT2D eigenvalue weighted by atomic mass is 10.1. The Balaban J connectivity index is 2.79. The molecule has 7 nitrogen and oxygen atoms in total. The van der Waals surface area contributed by atoms with Crippen LogP contribution in [-0.2, 0) is 9.53 Å². The number of hydrogen-bond acceptors (Lipinski definition) is 6. The molecule has 0 radical (unpaired) electrons. The maximum atomic E-state index is 11.7. The van der Waals surface area contributed by atoms with Crippen LogP contribution in [0.1, 0.15) is 43.8 Å². The minimum absolute atomic E-state index is 0.246. The van der Waals surface area contributed by atoms with Gasteiger partial charge in [-0.2, -0.15) is 0 Å². The minimum Gasteiger partial charge on any atom is -0.481 e. The number of hydrogen-bond donors (Lipinski definition) is 2. The van der Waals surface area contributed by atoms with Gasteiger partial charge in [0.2, 0.25) is 0 Å². The highest BCUT2D eigenvalue weighted by atomic mass is 32.1. The summed E-state index contributed by atoms with van der Waals surface area (Å²) in [6, 6.07) is -0.688. The SMILES string of the molecule is Cc1nnsc1C(CC(=O)O)NC(=O)OC(C)(C)C. The number of rotatable bonds is 4. The van der Waals surface area contributed by atoms with E-state index in [1.165, 1.54) is 0 Å². The third-order valence-corrected chi connectivity index (χ3v) is 3.01. The van der Waals surface area contributed by atoms with Crippen molar-refractivity contribution in [3.8, 4) is 0 Å². The summed E-state index contributed by atoms with van der Waals surface area (Å²) < 4.78 is 8.85. The first kappa shape index (κ1) is 15.4. The maximum absolute atomic E-state index is 11.7. The van der Waals surface area contributed by atoms with Gasteiger partial charge in [0.05, 0.1) is 23.0 Å². The molecule has 0 spiro atoms. The second-order valence-corrected chi connectivity index (χ2v) is 5.80. The first-order chi connectivity index (χ1) is 8.69. The van der Waals surface area contributed by atoms with Crippen LogP contribution in [0.2, 0.25) is 0 Å². The first-order valence-electron chi connectivity index (χ1n) is 5.69. The van der Waals surface area contributed by atoms with Crippen molar-refractivity contribution < 1.29 is 19.4 Å². The van der Waals surface area contributed by atoms with E-state index in [1.807, 2.05) is 0 Å². The highest BCUT2D eigenvalue weighted by Gasteiger charge is 2.25. The predicted octanol–water partition coefficient (Wildman–Crippen LogP) is 1.89. The quantitative estimate of drug-likeness (QED) is 0.876. The van der Waals surface area contributed by atoms with Crippen LogP contribution in [-0.4, -0.2) is 32.4 Å². The van der Waals surface area contributed by atoms with Crippen LogP contribution in [0.25, 0.3) is 0 Å². The van der Waals surface area contributed by atoms with Crippen molar-refractivity contribution in [3.63, 3.8) is 0 Å². The second-order valence-electron chi connectivity index (χ2n) is 5.02. The lowest BCUT2D eigenvalue weighted by Crippen LogP contribution is -2.35. The summed E-state index contributed by atoms with van der Waals surface area (Å²) in [7, 11) is 0. The van der Waals surface area contributed by atoms with Gasteiger partial charge in [-0.25, -0.2) is 4.79 Å². The van der Waals surface area contributed by atoms with Crippen molar-refractivity contribution in [1.82, 2.24) is 14.9 Å². The van der Waals surface area contributed by atoms with Crippen molar-refractivity contribution in [1.29, 1.82) is 0 Å². The third kappa shape index (κ3) is 5.21. The van der Waals surface area contributed by atoms with E-state index in [0.29, 0.717) is 10.6 Å². The van der Waals surface area contributed by atoms with E-state index in [0.717, 1.165) is 11.5 Å². The molecule has 106 valence electrons. The summed E-state index contributed by atoms with van der Waals surface area (Å²) in [5.41, 5.74) is -0.0360. The molecule has 1 amide bonds. The fourth-order valence-corrected chi connectivity index (χ4v) is 2.08. The van der Waals surface area contributed by atoms with Gasteiger partial charge >= 0.3 is 12.1 Å². The number of ether oxygens (including phenoxy) is 1. The van der Waals surface area contributed by atoms with Gasteiger partial charge < -0.3 is 15.2 Å². The summed E-state index contributed by atoms with van der Waals surface area (Å²) in [6.45, 7) is 6.92. The third-order valence-electron chi connectivity index (χ3n) is 2.07. The molecule has 8 heteroatoms. The van der Waals surface area contributed by atoms with Crippen molar-refractivity contribution in [2.45, 2.75) is 45.8 Å². The Kier molecular flexibility index (Phi) is 4.82. The van der Waals surface area contributed by atoms with E-state index in [2.05, 4.69) is 14.9 Å². The van der Waals surface area contributed by atoms with Gasteiger partial charge in [-0.3, -0.25) is 4.79 Å².